The average Bonchev–Trinajstić information content (AvgIpc) is 2.58. The molecule has 1 aromatic rings. The van der Waals surface area contributed by atoms with Gasteiger partial charge in [0.05, 0.1) is 0 Å². The fourth-order valence-electron chi connectivity index (χ4n) is 2.03. The summed E-state index contributed by atoms with van der Waals surface area (Å²) in [7, 11) is 1.89. The molecule has 0 bridgehead atoms. The Morgan fingerprint density at radius 3 is 2.82 bits per heavy atom. The molecule has 1 fully saturated rings. The molecule has 0 radical (unpaired) electrons. The number of carbonyl (C=O) groups excluding carboxylic acids is 1. The maximum atomic E-state index is 12.3. The van der Waals surface area contributed by atoms with Gasteiger partial charge in [0.15, 0.2) is 0 Å². The number of halogens is 2. The van der Waals surface area contributed by atoms with E-state index < -0.39 is 0 Å². The van der Waals surface area contributed by atoms with Crippen LogP contribution in [0.1, 0.15) is 17.4 Å². The van der Waals surface area contributed by atoms with Crippen LogP contribution in [0, 0.1) is 0 Å². The molecular weight excluding hydrogens is 305 g/mol. The molecule has 2 heterocycles. The third-order valence-corrected chi connectivity index (χ3v) is 3.39. The number of nitrogens with zero attached hydrogens (tertiary/aromatic N) is 2. The second kappa shape index (κ2) is 5.89. The van der Waals surface area contributed by atoms with Gasteiger partial charge in [-0.1, -0.05) is 0 Å². The molecule has 6 heteroatoms. The zero-order valence-corrected chi connectivity index (χ0v) is 12.3. The molecule has 1 aliphatic rings. The molecule has 2 rings (SSSR count). The van der Waals surface area contributed by atoms with E-state index in [9.17, 15) is 4.79 Å². The molecule has 0 spiro atoms. The van der Waals surface area contributed by atoms with E-state index in [0.29, 0.717) is 0 Å². The molecule has 1 saturated heterocycles. The summed E-state index contributed by atoms with van der Waals surface area (Å²) in [5.41, 5.74) is 0.737. The van der Waals surface area contributed by atoms with E-state index in [1.54, 1.807) is 0 Å². The van der Waals surface area contributed by atoms with Gasteiger partial charge in [0.25, 0.3) is 5.91 Å². The van der Waals surface area contributed by atoms with Crippen molar-refractivity contribution in [3.63, 3.8) is 0 Å². The fourth-order valence-corrected chi connectivity index (χ4v) is 2.55. The van der Waals surface area contributed by atoms with Gasteiger partial charge in [0.1, 0.15) is 5.69 Å². The number of aryl methyl sites for hydroxylation is 1. The average molecular weight is 323 g/mol. The van der Waals surface area contributed by atoms with Gasteiger partial charge < -0.3 is 14.8 Å². The molecule has 96 valence electrons. The van der Waals surface area contributed by atoms with E-state index >= 15 is 0 Å². The topological polar surface area (TPSA) is 37.3 Å². The fraction of sp³-hybridized carbons (Fsp3) is 0.545. The molecule has 1 amide bonds. The number of piperazine rings is 1. The standard InChI is InChI=1S/C11H16BrN3O.ClH/c1-8-6-13-3-4-15(8)11(16)10-5-9(12)7-14(10)2;/h5,7-8,13H,3-4,6H2,1-2H3;1H/t8-;/m0./s1. The maximum Gasteiger partial charge on any atom is 0.270 e. The molecule has 1 aromatic heterocycles. The van der Waals surface area contributed by atoms with Crippen molar-refractivity contribution in [2.24, 2.45) is 7.05 Å². The molecule has 1 atom stereocenters. The lowest BCUT2D eigenvalue weighted by Crippen LogP contribution is -2.52. The molecule has 17 heavy (non-hydrogen) atoms. The van der Waals surface area contributed by atoms with Crippen LogP contribution in [0.25, 0.3) is 0 Å². The van der Waals surface area contributed by atoms with Crippen LogP contribution >= 0.6 is 28.3 Å². The number of rotatable bonds is 1. The summed E-state index contributed by atoms with van der Waals surface area (Å²) < 4.78 is 2.81. The Bertz CT molecular complexity index is 407. The lowest BCUT2D eigenvalue weighted by Gasteiger charge is -2.34. The third kappa shape index (κ3) is 3.03. The summed E-state index contributed by atoms with van der Waals surface area (Å²) in [6.45, 7) is 4.60. The molecule has 0 aliphatic carbocycles. The number of hydrogen-bond donors (Lipinski definition) is 1. The lowest BCUT2D eigenvalue weighted by molar-refractivity contribution is 0.0646. The van der Waals surface area contributed by atoms with Crippen LogP contribution in [-0.4, -0.2) is 41.1 Å². The Morgan fingerprint density at radius 1 is 1.59 bits per heavy atom. The Balaban J connectivity index is 0.00000144. The minimum atomic E-state index is 0. The number of nitrogens with one attached hydrogen (secondary N) is 1. The van der Waals surface area contributed by atoms with Crippen LogP contribution in [-0.2, 0) is 7.05 Å². The molecule has 4 nitrogen and oxygen atoms in total. The number of amides is 1. The molecular formula is C11H17BrClN3O. The van der Waals surface area contributed by atoms with E-state index in [2.05, 4.69) is 28.2 Å². The smallest absolute Gasteiger partial charge is 0.270 e. The van der Waals surface area contributed by atoms with Crippen molar-refractivity contribution < 1.29 is 4.79 Å². The van der Waals surface area contributed by atoms with Crippen molar-refractivity contribution in [2.75, 3.05) is 19.6 Å². The van der Waals surface area contributed by atoms with Gasteiger partial charge in [-0.05, 0) is 28.9 Å². The Labute approximate surface area is 116 Å². The number of carbonyl (C=O) groups is 1. The quantitative estimate of drug-likeness (QED) is 0.853. The summed E-state index contributed by atoms with van der Waals surface area (Å²) in [6.07, 6.45) is 1.90. The first-order valence-electron chi connectivity index (χ1n) is 5.43. The monoisotopic (exact) mass is 321 g/mol. The van der Waals surface area contributed by atoms with Crippen LogP contribution in [0.5, 0.6) is 0 Å². The van der Waals surface area contributed by atoms with E-state index in [0.717, 1.165) is 29.8 Å². The van der Waals surface area contributed by atoms with Crippen molar-refractivity contribution in [2.45, 2.75) is 13.0 Å². The first kappa shape index (κ1) is 14.5. The van der Waals surface area contributed by atoms with Crippen molar-refractivity contribution in [1.82, 2.24) is 14.8 Å². The zero-order valence-electron chi connectivity index (χ0n) is 9.94. The Kier molecular flexibility index (Phi) is 5.04. The summed E-state index contributed by atoms with van der Waals surface area (Å²) in [4.78, 5) is 14.2. The minimum Gasteiger partial charge on any atom is -0.345 e. The summed E-state index contributed by atoms with van der Waals surface area (Å²) >= 11 is 3.39. The van der Waals surface area contributed by atoms with Crippen LogP contribution in [0.4, 0.5) is 0 Å². The molecule has 0 unspecified atom stereocenters. The van der Waals surface area contributed by atoms with E-state index in [-0.39, 0.29) is 24.4 Å². The van der Waals surface area contributed by atoms with E-state index in [4.69, 9.17) is 0 Å². The molecule has 0 saturated carbocycles. The maximum absolute atomic E-state index is 12.3. The van der Waals surface area contributed by atoms with E-state index in [1.165, 1.54) is 0 Å². The second-order valence-corrected chi connectivity index (χ2v) is 5.12. The highest BCUT2D eigenvalue weighted by Gasteiger charge is 2.25. The Hall–Kier alpha value is -0.520. The second-order valence-electron chi connectivity index (χ2n) is 4.21. The van der Waals surface area contributed by atoms with Gasteiger partial charge in [-0.15, -0.1) is 12.4 Å². The van der Waals surface area contributed by atoms with Crippen molar-refractivity contribution in [3.05, 3.63) is 22.4 Å². The Morgan fingerprint density at radius 2 is 2.29 bits per heavy atom. The van der Waals surface area contributed by atoms with Gasteiger partial charge in [-0.2, -0.15) is 0 Å². The number of hydrogen-bond acceptors (Lipinski definition) is 2. The van der Waals surface area contributed by atoms with Gasteiger partial charge in [0.2, 0.25) is 0 Å². The third-order valence-electron chi connectivity index (χ3n) is 2.95. The zero-order chi connectivity index (χ0) is 11.7. The molecule has 1 aliphatic heterocycles. The van der Waals surface area contributed by atoms with Crippen LogP contribution in [0.2, 0.25) is 0 Å². The van der Waals surface area contributed by atoms with Gasteiger partial charge in [0, 0.05) is 43.4 Å². The first-order valence-corrected chi connectivity index (χ1v) is 6.22. The van der Waals surface area contributed by atoms with Crippen molar-refractivity contribution in [3.8, 4) is 0 Å². The van der Waals surface area contributed by atoms with Crippen molar-refractivity contribution >= 4 is 34.2 Å². The van der Waals surface area contributed by atoms with Gasteiger partial charge in [-0.3, -0.25) is 4.79 Å². The highest BCUT2D eigenvalue weighted by Crippen LogP contribution is 2.17. The highest BCUT2D eigenvalue weighted by atomic mass is 79.9. The molecule has 0 aromatic carbocycles. The number of aromatic nitrogens is 1. The van der Waals surface area contributed by atoms with Crippen LogP contribution in [0.3, 0.4) is 0 Å². The van der Waals surface area contributed by atoms with Crippen molar-refractivity contribution in [1.29, 1.82) is 0 Å². The summed E-state index contributed by atoms with van der Waals surface area (Å²) in [6, 6.07) is 2.13. The summed E-state index contributed by atoms with van der Waals surface area (Å²) in [5.74, 6) is 0.113. The van der Waals surface area contributed by atoms with Gasteiger partial charge in [-0.25, -0.2) is 0 Å². The predicted octanol–water partition coefficient (Wildman–Crippen LogP) is 1.64. The van der Waals surface area contributed by atoms with Crippen LogP contribution in [0.15, 0.2) is 16.7 Å². The predicted molar refractivity (Wildman–Crippen MR) is 73.7 cm³/mol. The highest BCUT2D eigenvalue weighted by molar-refractivity contribution is 9.10. The first-order chi connectivity index (χ1) is 7.59. The van der Waals surface area contributed by atoms with E-state index in [1.807, 2.05) is 28.8 Å². The largest absolute Gasteiger partial charge is 0.345 e. The lowest BCUT2D eigenvalue weighted by atomic mass is 10.2. The minimum absolute atomic E-state index is 0. The van der Waals surface area contributed by atoms with Gasteiger partial charge >= 0.3 is 0 Å². The molecule has 1 N–H and O–H groups in total. The normalized spacial score (nSPS) is 19.9. The summed E-state index contributed by atoms with van der Waals surface area (Å²) in [5, 5.41) is 3.28. The van der Waals surface area contributed by atoms with Crippen LogP contribution < -0.4 is 5.32 Å². The SMILES string of the molecule is C[C@H]1CNCCN1C(=O)c1cc(Br)cn1C.Cl.